The molecule has 5 heteroatoms. The summed E-state index contributed by atoms with van der Waals surface area (Å²) in [7, 11) is 1.90. The van der Waals surface area contributed by atoms with Crippen LogP contribution in [-0.4, -0.2) is 23.4 Å². The Morgan fingerprint density at radius 3 is 3.00 bits per heavy atom. The van der Waals surface area contributed by atoms with Crippen molar-refractivity contribution in [2.24, 2.45) is 0 Å². The Morgan fingerprint density at radius 1 is 1.39 bits per heavy atom. The molecule has 0 spiro atoms. The number of nitrogens with zero attached hydrogens (tertiary/aromatic N) is 2. The summed E-state index contributed by atoms with van der Waals surface area (Å²) in [5, 5.41) is 7.86. The maximum atomic E-state index is 6.15. The topological polar surface area (TPSA) is 39.1 Å². The first-order chi connectivity index (χ1) is 8.81. The number of para-hydroxylation sites is 1. The Balaban J connectivity index is 1.99. The van der Waals surface area contributed by atoms with Crippen LogP contribution in [-0.2, 0) is 13.1 Å². The maximum Gasteiger partial charge on any atom is 0.142 e. The Labute approximate surface area is 112 Å². The number of aromatic nitrogens is 2. The molecule has 0 unspecified atom stereocenters. The van der Waals surface area contributed by atoms with Crippen LogP contribution >= 0.6 is 11.6 Å². The highest BCUT2D eigenvalue weighted by Crippen LogP contribution is 2.28. The molecule has 0 saturated heterocycles. The molecule has 0 radical (unpaired) electrons. The molecule has 0 bridgehead atoms. The number of ether oxygens (including phenoxy) is 1. The second-order valence-electron chi connectivity index (χ2n) is 3.88. The fraction of sp³-hybridized carbons (Fsp3) is 0.308. The number of halogens is 1. The summed E-state index contributed by atoms with van der Waals surface area (Å²) in [6.07, 6.45) is 3.66. The van der Waals surface area contributed by atoms with Gasteiger partial charge in [0.05, 0.1) is 11.6 Å². The molecule has 1 aromatic carbocycles. The highest BCUT2D eigenvalue weighted by atomic mass is 35.5. The number of hydrogen-bond donors (Lipinski definition) is 1. The molecule has 2 rings (SSSR count). The van der Waals surface area contributed by atoms with E-state index in [0.717, 1.165) is 17.9 Å². The van der Waals surface area contributed by atoms with E-state index >= 15 is 0 Å². The number of nitrogens with one attached hydrogen (secondary N) is 1. The highest BCUT2D eigenvalue weighted by molar-refractivity contribution is 6.32. The normalized spacial score (nSPS) is 10.6. The van der Waals surface area contributed by atoms with Crippen LogP contribution in [0.3, 0.4) is 0 Å². The van der Waals surface area contributed by atoms with Crippen molar-refractivity contribution in [3.05, 3.63) is 47.2 Å². The van der Waals surface area contributed by atoms with Crippen molar-refractivity contribution in [2.45, 2.75) is 13.1 Å². The van der Waals surface area contributed by atoms with E-state index in [9.17, 15) is 0 Å². The van der Waals surface area contributed by atoms with Crippen LogP contribution in [0.2, 0.25) is 5.02 Å². The maximum absolute atomic E-state index is 6.15. The minimum absolute atomic E-state index is 0.544. The van der Waals surface area contributed by atoms with E-state index in [1.54, 1.807) is 6.20 Å². The van der Waals surface area contributed by atoms with Gasteiger partial charge in [-0.1, -0.05) is 23.7 Å². The molecule has 0 amide bonds. The molecule has 2 aromatic rings. The second-order valence-corrected chi connectivity index (χ2v) is 4.28. The van der Waals surface area contributed by atoms with Gasteiger partial charge >= 0.3 is 0 Å². The quantitative estimate of drug-likeness (QED) is 0.871. The largest absolute Gasteiger partial charge is 0.490 e. The Hall–Kier alpha value is -1.52. The molecule has 1 aromatic heterocycles. The van der Waals surface area contributed by atoms with Gasteiger partial charge in [-0.15, -0.1) is 0 Å². The zero-order valence-electron chi connectivity index (χ0n) is 10.3. The van der Waals surface area contributed by atoms with Gasteiger partial charge in [-0.05, 0) is 19.2 Å². The summed E-state index contributed by atoms with van der Waals surface area (Å²) in [4.78, 5) is 0. The van der Waals surface area contributed by atoms with Gasteiger partial charge in [-0.3, -0.25) is 4.68 Å². The Bertz CT molecular complexity index is 485. The van der Waals surface area contributed by atoms with Crippen molar-refractivity contribution < 1.29 is 4.74 Å². The SMILES string of the molecule is CNCc1cccc(Cl)c1OCCn1cccn1. The van der Waals surface area contributed by atoms with Crippen LogP contribution in [0.1, 0.15) is 5.56 Å². The van der Waals surface area contributed by atoms with Gasteiger partial charge in [-0.2, -0.15) is 5.10 Å². The summed E-state index contributed by atoms with van der Waals surface area (Å²) in [6, 6.07) is 7.66. The fourth-order valence-electron chi connectivity index (χ4n) is 1.72. The van der Waals surface area contributed by atoms with E-state index in [1.165, 1.54) is 0 Å². The van der Waals surface area contributed by atoms with E-state index in [1.807, 2.05) is 42.2 Å². The van der Waals surface area contributed by atoms with Gasteiger partial charge in [0.2, 0.25) is 0 Å². The molecule has 0 aliphatic carbocycles. The third-order valence-electron chi connectivity index (χ3n) is 2.54. The first kappa shape index (κ1) is 12.9. The zero-order chi connectivity index (χ0) is 12.8. The lowest BCUT2D eigenvalue weighted by Gasteiger charge is -2.13. The van der Waals surface area contributed by atoms with Crippen molar-refractivity contribution in [3.8, 4) is 5.75 Å². The molecule has 0 atom stereocenters. The molecule has 4 nitrogen and oxygen atoms in total. The molecule has 96 valence electrons. The van der Waals surface area contributed by atoms with Crippen molar-refractivity contribution in [1.29, 1.82) is 0 Å². The van der Waals surface area contributed by atoms with Crippen LogP contribution in [0, 0.1) is 0 Å². The molecule has 1 heterocycles. The highest BCUT2D eigenvalue weighted by Gasteiger charge is 2.07. The Kier molecular flexibility index (Phi) is 4.61. The van der Waals surface area contributed by atoms with E-state index in [4.69, 9.17) is 16.3 Å². The lowest BCUT2D eigenvalue weighted by Crippen LogP contribution is -2.12. The van der Waals surface area contributed by atoms with Crippen LogP contribution in [0.15, 0.2) is 36.7 Å². The first-order valence-corrected chi connectivity index (χ1v) is 6.21. The van der Waals surface area contributed by atoms with E-state index in [-0.39, 0.29) is 0 Å². The van der Waals surface area contributed by atoms with Gasteiger partial charge < -0.3 is 10.1 Å². The van der Waals surface area contributed by atoms with Crippen LogP contribution in [0.25, 0.3) is 0 Å². The predicted molar refractivity (Wildman–Crippen MR) is 71.9 cm³/mol. The number of hydrogen-bond acceptors (Lipinski definition) is 3. The molecule has 0 saturated carbocycles. The summed E-state index contributed by atoms with van der Waals surface area (Å²) in [6.45, 7) is 1.98. The lowest BCUT2D eigenvalue weighted by molar-refractivity contribution is 0.288. The van der Waals surface area contributed by atoms with Crippen LogP contribution < -0.4 is 10.1 Å². The molecule has 0 aliphatic rings. The standard InChI is InChI=1S/C13H16ClN3O/c1-15-10-11-4-2-5-12(14)13(11)18-9-8-17-7-3-6-16-17/h2-7,15H,8-10H2,1H3. The van der Waals surface area contributed by atoms with Crippen LogP contribution in [0.4, 0.5) is 0 Å². The van der Waals surface area contributed by atoms with Gasteiger partial charge in [-0.25, -0.2) is 0 Å². The fourth-order valence-corrected chi connectivity index (χ4v) is 1.97. The van der Waals surface area contributed by atoms with Crippen molar-refractivity contribution in [1.82, 2.24) is 15.1 Å². The monoisotopic (exact) mass is 265 g/mol. The molecule has 1 N–H and O–H groups in total. The summed E-state index contributed by atoms with van der Waals surface area (Å²) >= 11 is 6.15. The number of rotatable bonds is 6. The predicted octanol–water partition coefficient (Wildman–Crippen LogP) is 2.33. The number of benzene rings is 1. The van der Waals surface area contributed by atoms with Gasteiger partial charge in [0.25, 0.3) is 0 Å². The lowest BCUT2D eigenvalue weighted by atomic mass is 10.2. The van der Waals surface area contributed by atoms with Gasteiger partial charge in [0.15, 0.2) is 0 Å². The van der Waals surface area contributed by atoms with E-state index in [2.05, 4.69) is 10.4 Å². The van der Waals surface area contributed by atoms with E-state index < -0.39 is 0 Å². The van der Waals surface area contributed by atoms with Crippen molar-refractivity contribution >= 4 is 11.6 Å². The third-order valence-corrected chi connectivity index (χ3v) is 2.84. The Morgan fingerprint density at radius 2 is 2.28 bits per heavy atom. The zero-order valence-corrected chi connectivity index (χ0v) is 11.0. The van der Waals surface area contributed by atoms with Gasteiger partial charge in [0.1, 0.15) is 12.4 Å². The minimum atomic E-state index is 0.544. The molecule has 18 heavy (non-hydrogen) atoms. The molecule has 0 fully saturated rings. The van der Waals surface area contributed by atoms with Crippen molar-refractivity contribution in [2.75, 3.05) is 13.7 Å². The smallest absolute Gasteiger partial charge is 0.142 e. The average molecular weight is 266 g/mol. The summed E-state index contributed by atoms with van der Waals surface area (Å²) in [5.41, 5.74) is 1.06. The molecular formula is C13H16ClN3O. The second kappa shape index (κ2) is 6.42. The summed E-state index contributed by atoms with van der Waals surface area (Å²) in [5.74, 6) is 0.751. The van der Waals surface area contributed by atoms with Gasteiger partial charge in [0, 0.05) is 24.5 Å². The summed E-state index contributed by atoms with van der Waals surface area (Å²) < 4.78 is 7.59. The third kappa shape index (κ3) is 3.24. The minimum Gasteiger partial charge on any atom is -0.490 e. The first-order valence-electron chi connectivity index (χ1n) is 5.83. The molecule has 0 aliphatic heterocycles. The average Bonchev–Trinajstić information content (AvgIpc) is 2.86. The molecular weight excluding hydrogens is 250 g/mol. The van der Waals surface area contributed by atoms with Crippen LogP contribution in [0.5, 0.6) is 5.75 Å². The van der Waals surface area contributed by atoms with E-state index in [0.29, 0.717) is 18.2 Å². The van der Waals surface area contributed by atoms with Crippen molar-refractivity contribution in [3.63, 3.8) is 0 Å².